The minimum Gasteiger partial charge on any atom is -0.550 e. The highest BCUT2D eigenvalue weighted by molar-refractivity contribution is 5.84. The van der Waals surface area contributed by atoms with Gasteiger partial charge in [0.05, 0.1) is 5.69 Å². The zero-order valence-corrected chi connectivity index (χ0v) is 13.6. The molecule has 0 aromatic carbocycles. The number of nitrogens with zero attached hydrogens (tertiary/aromatic N) is 2. The molecule has 2 heterocycles. The maximum Gasteiger partial charge on any atom is 0.224 e. The third-order valence-electron chi connectivity index (χ3n) is 4.42. The molecule has 1 amide bonds. The molecule has 0 spiro atoms. The van der Waals surface area contributed by atoms with E-state index in [1.165, 1.54) is 0 Å². The van der Waals surface area contributed by atoms with Crippen LogP contribution in [-0.2, 0) is 16.0 Å². The van der Waals surface area contributed by atoms with Crippen molar-refractivity contribution < 1.29 is 14.7 Å². The number of aryl methyl sites for hydroxylation is 1. The van der Waals surface area contributed by atoms with E-state index in [1.54, 1.807) is 6.08 Å². The van der Waals surface area contributed by atoms with Crippen molar-refractivity contribution in [2.75, 3.05) is 6.54 Å². The van der Waals surface area contributed by atoms with Crippen LogP contribution in [0.15, 0.2) is 36.7 Å². The quantitative estimate of drug-likeness (QED) is 0.817. The molecule has 0 saturated carbocycles. The monoisotopic (exact) mass is 326 g/mol. The summed E-state index contributed by atoms with van der Waals surface area (Å²) in [6.07, 6.45) is 8.94. The van der Waals surface area contributed by atoms with Gasteiger partial charge in [-0.15, -0.1) is 0 Å². The fraction of sp³-hybridized carbons (Fsp3) is 0.389. The van der Waals surface area contributed by atoms with E-state index in [1.807, 2.05) is 41.9 Å². The number of carboxylic acids is 1. The summed E-state index contributed by atoms with van der Waals surface area (Å²) in [7, 11) is 0. The number of nitrogens with one attached hydrogen (secondary N) is 1. The molecule has 0 fully saturated rings. The minimum atomic E-state index is -1.16. The van der Waals surface area contributed by atoms with E-state index in [2.05, 4.69) is 10.3 Å². The van der Waals surface area contributed by atoms with E-state index < -0.39 is 17.8 Å². The molecule has 1 N–H and O–H groups in total. The van der Waals surface area contributed by atoms with Gasteiger partial charge in [0.25, 0.3) is 0 Å². The average Bonchev–Trinajstić information content (AvgIpc) is 2.96. The number of fused-ring (bicyclic) bond motifs is 1. The van der Waals surface area contributed by atoms with E-state index in [-0.39, 0.29) is 5.91 Å². The molecule has 0 aliphatic heterocycles. The fourth-order valence-electron chi connectivity index (χ4n) is 3.07. The lowest BCUT2D eigenvalue weighted by molar-refractivity contribution is -0.313. The third-order valence-corrected chi connectivity index (χ3v) is 4.42. The molecule has 1 aliphatic rings. The van der Waals surface area contributed by atoms with Gasteiger partial charge in [0.2, 0.25) is 5.91 Å². The van der Waals surface area contributed by atoms with Crippen LogP contribution in [-0.4, -0.2) is 27.8 Å². The van der Waals surface area contributed by atoms with Crippen LogP contribution in [0.1, 0.15) is 24.1 Å². The molecule has 0 radical (unpaired) electrons. The Morgan fingerprint density at radius 3 is 2.83 bits per heavy atom. The first kappa shape index (κ1) is 16.2. The van der Waals surface area contributed by atoms with Gasteiger partial charge in [-0.1, -0.05) is 12.2 Å². The largest absolute Gasteiger partial charge is 0.550 e. The van der Waals surface area contributed by atoms with Gasteiger partial charge in [-0.05, 0) is 37.5 Å². The molecular weight excluding hydrogens is 306 g/mol. The smallest absolute Gasteiger partial charge is 0.224 e. The van der Waals surface area contributed by atoms with Crippen molar-refractivity contribution in [1.82, 2.24) is 14.7 Å². The van der Waals surface area contributed by atoms with Crippen molar-refractivity contribution >= 4 is 17.5 Å². The summed E-state index contributed by atoms with van der Waals surface area (Å²) >= 11 is 0. The van der Waals surface area contributed by atoms with Crippen molar-refractivity contribution in [2.24, 2.45) is 11.8 Å². The molecule has 3 rings (SSSR count). The molecule has 1 aliphatic carbocycles. The summed E-state index contributed by atoms with van der Waals surface area (Å²) < 4.78 is 1.95. The number of imidazole rings is 1. The number of aliphatic carboxylic acids is 1. The zero-order valence-electron chi connectivity index (χ0n) is 13.6. The molecular formula is C18H20N3O3-. The molecule has 2 aromatic rings. The van der Waals surface area contributed by atoms with E-state index in [0.717, 1.165) is 16.9 Å². The third kappa shape index (κ3) is 3.48. The lowest BCUT2D eigenvalue weighted by atomic mass is 9.82. The van der Waals surface area contributed by atoms with E-state index in [0.29, 0.717) is 25.8 Å². The van der Waals surface area contributed by atoms with Crippen LogP contribution in [0.2, 0.25) is 0 Å². The SMILES string of the molecule is Cc1ccn2cc(CCNC(=O)[C@H]3CC=CC[C@H]3C(=O)[O-])nc2c1. The highest BCUT2D eigenvalue weighted by Crippen LogP contribution is 2.25. The van der Waals surface area contributed by atoms with Crippen LogP contribution in [0, 0.1) is 18.8 Å². The first-order valence-electron chi connectivity index (χ1n) is 8.12. The van der Waals surface area contributed by atoms with Gasteiger partial charge in [-0.3, -0.25) is 4.79 Å². The Labute approximate surface area is 140 Å². The molecule has 2 aromatic heterocycles. The lowest BCUT2D eigenvalue weighted by Crippen LogP contribution is -2.44. The number of amides is 1. The minimum absolute atomic E-state index is 0.229. The number of carboxylic acid groups (broad SMARTS) is 1. The Morgan fingerprint density at radius 1 is 1.33 bits per heavy atom. The summed E-state index contributed by atoms with van der Waals surface area (Å²) in [5.41, 5.74) is 2.92. The van der Waals surface area contributed by atoms with Crippen LogP contribution in [0.4, 0.5) is 0 Å². The van der Waals surface area contributed by atoms with Gasteiger partial charge in [-0.2, -0.15) is 0 Å². The zero-order chi connectivity index (χ0) is 17.1. The topological polar surface area (TPSA) is 86.5 Å². The highest BCUT2D eigenvalue weighted by Gasteiger charge is 2.29. The molecule has 6 heteroatoms. The second kappa shape index (κ2) is 6.86. The van der Waals surface area contributed by atoms with Crippen LogP contribution in [0.3, 0.4) is 0 Å². The first-order valence-corrected chi connectivity index (χ1v) is 8.12. The van der Waals surface area contributed by atoms with Gasteiger partial charge in [0, 0.05) is 43.2 Å². The molecule has 0 unspecified atom stereocenters. The predicted molar refractivity (Wildman–Crippen MR) is 87.0 cm³/mol. The molecule has 2 atom stereocenters. The van der Waals surface area contributed by atoms with Gasteiger partial charge in [-0.25, -0.2) is 4.98 Å². The van der Waals surface area contributed by atoms with Crippen LogP contribution < -0.4 is 10.4 Å². The van der Waals surface area contributed by atoms with E-state index in [9.17, 15) is 14.7 Å². The average molecular weight is 326 g/mol. The first-order chi connectivity index (χ1) is 11.5. The number of carbonyl (C=O) groups excluding carboxylic acids is 2. The fourth-order valence-corrected chi connectivity index (χ4v) is 3.07. The highest BCUT2D eigenvalue weighted by atomic mass is 16.4. The molecule has 0 saturated heterocycles. The molecule has 126 valence electrons. The maximum atomic E-state index is 12.3. The van der Waals surface area contributed by atoms with Crippen molar-refractivity contribution in [3.05, 3.63) is 47.9 Å². The maximum absolute atomic E-state index is 12.3. The summed E-state index contributed by atoms with van der Waals surface area (Å²) in [5.74, 6) is -2.68. The Kier molecular flexibility index (Phi) is 4.64. The summed E-state index contributed by atoms with van der Waals surface area (Å²) in [6.45, 7) is 2.45. The Morgan fingerprint density at radius 2 is 2.08 bits per heavy atom. The second-order valence-electron chi connectivity index (χ2n) is 6.22. The van der Waals surface area contributed by atoms with Crippen LogP contribution in [0.25, 0.3) is 5.65 Å². The number of hydrogen-bond acceptors (Lipinski definition) is 4. The number of rotatable bonds is 5. The number of hydrogen-bond donors (Lipinski definition) is 1. The van der Waals surface area contributed by atoms with Crippen molar-refractivity contribution in [1.29, 1.82) is 0 Å². The number of pyridine rings is 1. The Bertz CT molecular complexity index is 794. The van der Waals surface area contributed by atoms with Gasteiger partial charge >= 0.3 is 0 Å². The molecule has 24 heavy (non-hydrogen) atoms. The summed E-state index contributed by atoms with van der Waals surface area (Å²) in [5, 5.41) is 14.0. The van der Waals surface area contributed by atoms with Gasteiger partial charge in [0.15, 0.2) is 0 Å². The van der Waals surface area contributed by atoms with Gasteiger partial charge in [0.1, 0.15) is 5.65 Å². The summed E-state index contributed by atoms with van der Waals surface area (Å²) in [6, 6.07) is 4.01. The van der Waals surface area contributed by atoms with E-state index in [4.69, 9.17) is 0 Å². The van der Waals surface area contributed by atoms with Crippen LogP contribution >= 0.6 is 0 Å². The second-order valence-corrected chi connectivity index (χ2v) is 6.22. The van der Waals surface area contributed by atoms with Crippen molar-refractivity contribution in [3.8, 4) is 0 Å². The molecule has 0 bridgehead atoms. The van der Waals surface area contributed by atoms with E-state index >= 15 is 0 Å². The molecule has 6 nitrogen and oxygen atoms in total. The lowest BCUT2D eigenvalue weighted by Gasteiger charge is -2.28. The standard InChI is InChI=1S/C18H21N3O3/c1-12-7-9-21-11-13(20-16(21)10-12)6-8-19-17(22)14-4-2-3-5-15(14)18(23)24/h2-3,7,9-11,14-15H,4-6,8H2,1H3,(H,19,22)(H,23,24)/p-1/t14-,15+/m0/s1. The summed E-state index contributed by atoms with van der Waals surface area (Å²) in [4.78, 5) is 27.9. The number of aromatic nitrogens is 2. The van der Waals surface area contributed by atoms with Crippen LogP contribution in [0.5, 0.6) is 0 Å². The number of carbonyl (C=O) groups is 2. The Balaban J connectivity index is 1.57. The number of allylic oxidation sites excluding steroid dienone is 2. The van der Waals surface area contributed by atoms with Gasteiger partial charge < -0.3 is 19.6 Å². The normalized spacial score (nSPS) is 20.2. The Hall–Kier alpha value is -2.63. The van der Waals surface area contributed by atoms with Crippen molar-refractivity contribution in [2.45, 2.75) is 26.2 Å². The van der Waals surface area contributed by atoms with Crippen molar-refractivity contribution in [3.63, 3.8) is 0 Å². The predicted octanol–water partition coefficient (Wildman–Crippen LogP) is 0.634.